The Balaban J connectivity index is 4.21. The standard InChI is InChI=1S/C18H41IN3O5/c1-20(2)6-8-22(5,9-7-21(3)4)11-17(24)13-27-15-18(25)14-26-12-16(23)10-19/h16-18,23-25H,6-15H2,1-5H3/q+1. The second kappa shape index (κ2) is 15.3. The molecule has 0 aliphatic carbocycles. The average molecular weight is 506 g/mol. The zero-order chi connectivity index (χ0) is 20.9. The van der Waals surface area contributed by atoms with Gasteiger partial charge in [-0.2, -0.15) is 0 Å². The van der Waals surface area contributed by atoms with Crippen LogP contribution in [-0.4, -0.2) is 147 Å². The van der Waals surface area contributed by atoms with Gasteiger partial charge in [0.1, 0.15) is 18.8 Å². The van der Waals surface area contributed by atoms with Crippen molar-refractivity contribution in [3.63, 3.8) is 0 Å². The van der Waals surface area contributed by atoms with Gasteiger partial charge in [0.25, 0.3) is 0 Å². The zero-order valence-corrected chi connectivity index (χ0v) is 19.8. The van der Waals surface area contributed by atoms with Crippen molar-refractivity contribution in [3.05, 3.63) is 0 Å². The maximum atomic E-state index is 10.4. The van der Waals surface area contributed by atoms with Crippen LogP contribution < -0.4 is 0 Å². The first-order valence-corrected chi connectivity index (χ1v) is 11.0. The van der Waals surface area contributed by atoms with E-state index in [1.54, 1.807) is 0 Å². The maximum Gasteiger partial charge on any atom is 0.126 e. The lowest BCUT2D eigenvalue weighted by molar-refractivity contribution is -0.911. The molecule has 3 atom stereocenters. The van der Waals surface area contributed by atoms with Gasteiger partial charge in [0, 0.05) is 17.5 Å². The van der Waals surface area contributed by atoms with Gasteiger partial charge in [-0.1, -0.05) is 22.6 Å². The molecule has 3 unspecified atom stereocenters. The molecule has 0 spiro atoms. The van der Waals surface area contributed by atoms with Crippen molar-refractivity contribution >= 4 is 22.6 Å². The minimum atomic E-state index is -0.762. The van der Waals surface area contributed by atoms with Crippen molar-refractivity contribution in [1.82, 2.24) is 9.80 Å². The molecule has 0 aliphatic rings. The van der Waals surface area contributed by atoms with Crippen molar-refractivity contribution < 1.29 is 29.3 Å². The van der Waals surface area contributed by atoms with Crippen LogP contribution in [0.1, 0.15) is 0 Å². The SMILES string of the molecule is CN(C)CC[N+](C)(CCN(C)C)CC(O)COCC(O)COCC(O)CI. The Hall–Kier alpha value is 0.410. The van der Waals surface area contributed by atoms with Crippen LogP contribution in [0.15, 0.2) is 0 Å². The number of hydrogen-bond donors (Lipinski definition) is 3. The second-order valence-electron chi connectivity index (χ2n) is 8.05. The number of likely N-dealkylation sites (N-methyl/N-ethyl adjacent to an activating group) is 3. The Labute approximate surface area is 178 Å². The molecule has 0 aromatic rings. The fraction of sp³-hybridized carbons (Fsp3) is 1.00. The molecule has 0 amide bonds. The zero-order valence-electron chi connectivity index (χ0n) is 17.7. The van der Waals surface area contributed by atoms with E-state index in [0.717, 1.165) is 30.7 Å². The van der Waals surface area contributed by atoms with Crippen LogP contribution in [0, 0.1) is 0 Å². The highest BCUT2D eigenvalue weighted by Gasteiger charge is 2.26. The van der Waals surface area contributed by atoms with E-state index >= 15 is 0 Å². The summed E-state index contributed by atoms with van der Waals surface area (Å²) in [6, 6.07) is 0. The number of aliphatic hydroxyl groups excluding tert-OH is 3. The van der Waals surface area contributed by atoms with Crippen LogP contribution in [-0.2, 0) is 9.47 Å². The summed E-state index contributed by atoms with van der Waals surface area (Å²) in [5.74, 6) is 0. The molecule has 0 rings (SSSR count). The summed E-state index contributed by atoms with van der Waals surface area (Å²) in [5.41, 5.74) is 0. The smallest absolute Gasteiger partial charge is 0.126 e. The van der Waals surface area contributed by atoms with E-state index in [-0.39, 0.29) is 26.4 Å². The Bertz CT molecular complexity index is 352. The Kier molecular flexibility index (Phi) is 15.5. The molecule has 0 heterocycles. The van der Waals surface area contributed by atoms with Gasteiger partial charge < -0.3 is 39.1 Å². The molecule has 164 valence electrons. The van der Waals surface area contributed by atoms with Crippen molar-refractivity contribution in [2.75, 3.05) is 98.8 Å². The van der Waals surface area contributed by atoms with E-state index in [9.17, 15) is 15.3 Å². The first-order valence-electron chi connectivity index (χ1n) is 9.46. The number of aliphatic hydroxyl groups is 3. The van der Waals surface area contributed by atoms with Crippen molar-refractivity contribution in [2.24, 2.45) is 0 Å². The Morgan fingerprint density at radius 3 is 1.59 bits per heavy atom. The van der Waals surface area contributed by atoms with Crippen LogP contribution in [0.5, 0.6) is 0 Å². The van der Waals surface area contributed by atoms with E-state index in [2.05, 4.69) is 67.6 Å². The summed E-state index contributed by atoms with van der Waals surface area (Å²) in [7, 11) is 10.4. The van der Waals surface area contributed by atoms with Gasteiger partial charge in [-0.05, 0) is 28.2 Å². The summed E-state index contributed by atoms with van der Waals surface area (Å²) in [4.78, 5) is 4.31. The van der Waals surface area contributed by atoms with Crippen molar-refractivity contribution in [3.8, 4) is 0 Å². The monoisotopic (exact) mass is 506 g/mol. The minimum Gasteiger partial charge on any atom is -0.390 e. The third-order valence-electron chi connectivity index (χ3n) is 4.24. The fourth-order valence-corrected chi connectivity index (χ4v) is 2.77. The Morgan fingerprint density at radius 2 is 1.19 bits per heavy atom. The van der Waals surface area contributed by atoms with Gasteiger partial charge in [-0.3, -0.25) is 0 Å². The average Bonchev–Trinajstić information content (AvgIpc) is 2.58. The van der Waals surface area contributed by atoms with Crippen LogP contribution in [0.2, 0.25) is 0 Å². The lowest BCUT2D eigenvalue weighted by Gasteiger charge is -2.37. The van der Waals surface area contributed by atoms with Crippen LogP contribution >= 0.6 is 22.6 Å². The number of quaternary nitrogens is 1. The molecule has 0 saturated carbocycles. The van der Waals surface area contributed by atoms with Crippen molar-refractivity contribution in [1.29, 1.82) is 0 Å². The lowest BCUT2D eigenvalue weighted by atomic mass is 10.2. The molecule has 0 bridgehead atoms. The van der Waals surface area contributed by atoms with Gasteiger partial charge in [-0.25, -0.2) is 0 Å². The van der Waals surface area contributed by atoms with E-state index in [1.165, 1.54) is 0 Å². The molecule has 3 N–H and O–H groups in total. The first kappa shape index (κ1) is 27.4. The fourth-order valence-electron chi connectivity index (χ4n) is 2.51. The topological polar surface area (TPSA) is 85.6 Å². The predicted octanol–water partition coefficient (Wildman–Crippen LogP) is -0.893. The van der Waals surface area contributed by atoms with Gasteiger partial charge in [-0.15, -0.1) is 0 Å². The summed E-state index contributed by atoms with van der Waals surface area (Å²) < 4.78 is 12.1. The van der Waals surface area contributed by atoms with Gasteiger partial charge in [0.15, 0.2) is 0 Å². The van der Waals surface area contributed by atoms with Crippen molar-refractivity contribution in [2.45, 2.75) is 18.3 Å². The Morgan fingerprint density at radius 1 is 0.778 bits per heavy atom. The number of hydrogen-bond acceptors (Lipinski definition) is 7. The third-order valence-corrected chi connectivity index (χ3v) is 5.26. The summed E-state index contributed by atoms with van der Waals surface area (Å²) in [6.07, 6.45) is -1.87. The molecular formula is C18H41IN3O5+. The van der Waals surface area contributed by atoms with E-state index < -0.39 is 18.3 Å². The minimum absolute atomic E-state index is 0.108. The summed E-state index contributed by atoms with van der Waals surface area (Å²) in [5, 5.41) is 29.6. The van der Waals surface area contributed by atoms with Crippen LogP contribution in [0.3, 0.4) is 0 Å². The predicted molar refractivity (Wildman–Crippen MR) is 116 cm³/mol. The molecule has 0 radical (unpaired) electrons. The summed E-state index contributed by atoms with van der Waals surface area (Å²) in [6.45, 7) is 5.03. The quantitative estimate of drug-likeness (QED) is 0.134. The van der Waals surface area contributed by atoms with E-state index in [0.29, 0.717) is 11.0 Å². The summed E-state index contributed by atoms with van der Waals surface area (Å²) >= 11 is 2.08. The number of alkyl halides is 1. The number of rotatable bonds is 17. The largest absolute Gasteiger partial charge is 0.390 e. The number of halogens is 1. The van der Waals surface area contributed by atoms with Gasteiger partial charge >= 0.3 is 0 Å². The highest BCUT2D eigenvalue weighted by atomic mass is 127. The molecule has 27 heavy (non-hydrogen) atoms. The molecular weight excluding hydrogens is 465 g/mol. The van der Waals surface area contributed by atoms with E-state index in [4.69, 9.17) is 9.47 Å². The molecule has 0 aliphatic heterocycles. The van der Waals surface area contributed by atoms with Crippen LogP contribution in [0.4, 0.5) is 0 Å². The number of nitrogens with zero attached hydrogens (tertiary/aromatic N) is 3. The van der Waals surface area contributed by atoms with E-state index in [1.807, 2.05) is 0 Å². The molecule has 0 saturated heterocycles. The lowest BCUT2D eigenvalue weighted by Crippen LogP contribution is -2.55. The first-order chi connectivity index (χ1) is 12.6. The maximum absolute atomic E-state index is 10.4. The normalized spacial score (nSPS) is 16.1. The van der Waals surface area contributed by atoms with Crippen LogP contribution in [0.25, 0.3) is 0 Å². The highest BCUT2D eigenvalue weighted by Crippen LogP contribution is 2.06. The third kappa shape index (κ3) is 16.0. The molecule has 0 fully saturated rings. The van der Waals surface area contributed by atoms with Gasteiger partial charge in [0.2, 0.25) is 0 Å². The molecule has 8 nitrogen and oxygen atoms in total. The molecule has 0 aromatic heterocycles. The van der Waals surface area contributed by atoms with Gasteiger partial charge in [0.05, 0.1) is 52.7 Å². The number of ether oxygens (including phenoxy) is 2. The molecule has 0 aromatic carbocycles. The highest BCUT2D eigenvalue weighted by molar-refractivity contribution is 14.1. The molecule has 9 heteroatoms. The second-order valence-corrected chi connectivity index (χ2v) is 8.93.